The maximum absolute atomic E-state index is 13.8. The second-order valence-electron chi connectivity index (χ2n) is 3.56. The molecule has 80 valence electrons. The van der Waals surface area contributed by atoms with E-state index >= 15 is 0 Å². The van der Waals surface area contributed by atoms with Gasteiger partial charge >= 0.3 is 0 Å². The molecule has 14 heavy (non-hydrogen) atoms. The standard InChI is InChI=1S/C11H19FN2/c1-5-6-11(4,12)10(3)14-8-9(2)7-13/h7-8H,3,5-6,13H2,1-2,4H3/b9-7-,14-8-. The van der Waals surface area contributed by atoms with Crippen LogP contribution in [0.25, 0.3) is 0 Å². The molecule has 0 rings (SSSR count). The third-order valence-corrected chi connectivity index (χ3v) is 2.01. The van der Waals surface area contributed by atoms with Crippen molar-refractivity contribution in [2.75, 3.05) is 0 Å². The van der Waals surface area contributed by atoms with E-state index in [-0.39, 0.29) is 5.70 Å². The summed E-state index contributed by atoms with van der Waals surface area (Å²) in [6.45, 7) is 8.84. The van der Waals surface area contributed by atoms with Gasteiger partial charge in [0.25, 0.3) is 0 Å². The Labute approximate surface area is 85.4 Å². The van der Waals surface area contributed by atoms with E-state index in [1.165, 1.54) is 19.3 Å². The normalized spacial score (nSPS) is 17.0. The zero-order chi connectivity index (χ0) is 11.2. The van der Waals surface area contributed by atoms with E-state index in [2.05, 4.69) is 11.6 Å². The Morgan fingerprint density at radius 1 is 1.64 bits per heavy atom. The number of nitrogens with two attached hydrogens (primary N) is 1. The molecule has 1 unspecified atom stereocenters. The summed E-state index contributed by atoms with van der Waals surface area (Å²) >= 11 is 0. The molecule has 0 heterocycles. The van der Waals surface area contributed by atoms with Gasteiger partial charge in [-0.3, -0.25) is 4.99 Å². The van der Waals surface area contributed by atoms with Crippen molar-refractivity contribution < 1.29 is 4.39 Å². The lowest BCUT2D eigenvalue weighted by Crippen LogP contribution is -2.19. The van der Waals surface area contributed by atoms with Gasteiger partial charge in [-0.2, -0.15) is 0 Å². The van der Waals surface area contributed by atoms with Gasteiger partial charge in [0.1, 0.15) is 5.67 Å². The number of aliphatic imine (C=N–C) groups is 1. The van der Waals surface area contributed by atoms with Crippen molar-refractivity contribution in [2.24, 2.45) is 10.7 Å². The van der Waals surface area contributed by atoms with Gasteiger partial charge in [0.15, 0.2) is 0 Å². The van der Waals surface area contributed by atoms with Crippen LogP contribution >= 0.6 is 0 Å². The molecule has 0 fully saturated rings. The van der Waals surface area contributed by atoms with Gasteiger partial charge in [-0.25, -0.2) is 4.39 Å². The zero-order valence-corrected chi connectivity index (χ0v) is 9.18. The van der Waals surface area contributed by atoms with Gasteiger partial charge in [-0.05, 0) is 32.0 Å². The van der Waals surface area contributed by atoms with Crippen molar-refractivity contribution in [1.29, 1.82) is 0 Å². The molecule has 0 spiro atoms. The fourth-order valence-corrected chi connectivity index (χ4v) is 0.971. The number of halogens is 1. The fraction of sp³-hybridized carbons (Fsp3) is 0.545. The average Bonchev–Trinajstić information content (AvgIpc) is 2.13. The van der Waals surface area contributed by atoms with Gasteiger partial charge in [0.05, 0.1) is 5.70 Å². The number of rotatable bonds is 5. The molecule has 0 saturated carbocycles. The minimum atomic E-state index is -1.42. The maximum atomic E-state index is 13.8. The Hall–Kier alpha value is -1.12. The van der Waals surface area contributed by atoms with Gasteiger partial charge in [-0.15, -0.1) is 0 Å². The van der Waals surface area contributed by atoms with Crippen molar-refractivity contribution >= 4 is 6.21 Å². The van der Waals surface area contributed by atoms with Crippen molar-refractivity contribution in [1.82, 2.24) is 0 Å². The Kier molecular flexibility index (Phi) is 5.13. The van der Waals surface area contributed by atoms with Crippen LogP contribution in [-0.2, 0) is 0 Å². The van der Waals surface area contributed by atoms with Crippen LogP contribution in [0, 0.1) is 0 Å². The number of hydrogen-bond donors (Lipinski definition) is 1. The molecule has 0 saturated heterocycles. The molecule has 2 N–H and O–H groups in total. The monoisotopic (exact) mass is 198 g/mol. The van der Waals surface area contributed by atoms with E-state index in [4.69, 9.17) is 5.73 Å². The molecule has 0 aromatic rings. The van der Waals surface area contributed by atoms with Crippen LogP contribution in [-0.4, -0.2) is 11.9 Å². The molecule has 0 aliphatic rings. The molecular formula is C11H19FN2. The smallest absolute Gasteiger partial charge is 0.149 e. The maximum Gasteiger partial charge on any atom is 0.149 e. The van der Waals surface area contributed by atoms with Crippen molar-refractivity contribution in [2.45, 2.75) is 39.3 Å². The molecule has 0 bridgehead atoms. The number of alkyl halides is 1. The van der Waals surface area contributed by atoms with Crippen LogP contribution in [0.2, 0.25) is 0 Å². The lowest BCUT2D eigenvalue weighted by atomic mass is 10.00. The highest BCUT2D eigenvalue weighted by Gasteiger charge is 2.25. The Bertz CT molecular complexity index is 252. The number of allylic oxidation sites excluding steroid dienone is 2. The molecule has 0 aromatic heterocycles. The highest BCUT2D eigenvalue weighted by Crippen LogP contribution is 2.26. The number of hydrogen-bond acceptors (Lipinski definition) is 2. The van der Waals surface area contributed by atoms with E-state index in [0.717, 1.165) is 12.0 Å². The van der Waals surface area contributed by atoms with Crippen LogP contribution in [0.4, 0.5) is 4.39 Å². The molecule has 2 nitrogen and oxygen atoms in total. The van der Waals surface area contributed by atoms with Crippen LogP contribution in [0.3, 0.4) is 0 Å². The summed E-state index contributed by atoms with van der Waals surface area (Å²) in [6.07, 6.45) is 4.16. The summed E-state index contributed by atoms with van der Waals surface area (Å²) in [6, 6.07) is 0. The molecule has 0 radical (unpaired) electrons. The van der Waals surface area contributed by atoms with E-state index < -0.39 is 5.67 Å². The molecular weight excluding hydrogens is 179 g/mol. The molecule has 0 aliphatic carbocycles. The topological polar surface area (TPSA) is 38.4 Å². The minimum absolute atomic E-state index is 0.251. The van der Waals surface area contributed by atoms with E-state index in [1.54, 1.807) is 6.92 Å². The van der Waals surface area contributed by atoms with Gasteiger partial charge in [-0.1, -0.05) is 19.9 Å². The van der Waals surface area contributed by atoms with Crippen molar-refractivity contribution in [3.63, 3.8) is 0 Å². The zero-order valence-electron chi connectivity index (χ0n) is 9.18. The molecule has 0 aliphatic heterocycles. The van der Waals surface area contributed by atoms with Crippen LogP contribution in [0.5, 0.6) is 0 Å². The summed E-state index contributed by atoms with van der Waals surface area (Å²) in [7, 11) is 0. The quantitative estimate of drug-likeness (QED) is 0.678. The lowest BCUT2D eigenvalue weighted by Gasteiger charge is -2.18. The predicted molar refractivity (Wildman–Crippen MR) is 60.0 cm³/mol. The van der Waals surface area contributed by atoms with Gasteiger partial charge in [0, 0.05) is 6.21 Å². The van der Waals surface area contributed by atoms with Gasteiger partial charge < -0.3 is 5.73 Å². The van der Waals surface area contributed by atoms with Gasteiger partial charge in [0.2, 0.25) is 0 Å². The Balaban J connectivity index is 4.41. The SMILES string of the molecule is C=C(/N=C\C(C)=C/N)C(C)(F)CCC. The highest BCUT2D eigenvalue weighted by atomic mass is 19.1. The second-order valence-corrected chi connectivity index (χ2v) is 3.56. The molecule has 3 heteroatoms. The van der Waals surface area contributed by atoms with E-state index in [0.29, 0.717) is 6.42 Å². The first-order valence-corrected chi connectivity index (χ1v) is 4.75. The van der Waals surface area contributed by atoms with Crippen LogP contribution in [0.15, 0.2) is 29.0 Å². The first kappa shape index (κ1) is 12.9. The minimum Gasteiger partial charge on any atom is -0.404 e. The predicted octanol–water partition coefficient (Wildman–Crippen LogP) is 2.96. The van der Waals surface area contributed by atoms with Crippen molar-refractivity contribution in [3.8, 4) is 0 Å². The van der Waals surface area contributed by atoms with E-state index in [1.807, 2.05) is 6.92 Å². The summed E-state index contributed by atoms with van der Waals surface area (Å²) in [5, 5.41) is 0. The Morgan fingerprint density at radius 2 is 2.21 bits per heavy atom. The molecule has 1 atom stereocenters. The largest absolute Gasteiger partial charge is 0.404 e. The van der Waals surface area contributed by atoms with Crippen LogP contribution < -0.4 is 5.73 Å². The summed E-state index contributed by atoms with van der Waals surface area (Å²) in [4.78, 5) is 3.94. The van der Waals surface area contributed by atoms with E-state index in [9.17, 15) is 4.39 Å². The summed E-state index contributed by atoms with van der Waals surface area (Å²) < 4.78 is 13.8. The molecule has 0 aromatic carbocycles. The highest BCUT2D eigenvalue weighted by molar-refractivity contribution is 5.78. The third kappa shape index (κ3) is 4.21. The molecule has 0 amide bonds. The second kappa shape index (κ2) is 5.58. The summed E-state index contributed by atoms with van der Waals surface area (Å²) in [5.74, 6) is 0. The Morgan fingerprint density at radius 3 is 2.64 bits per heavy atom. The average molecular weight is 198 g/mol. The number of nitrogens with zero attached hydrogens (tertiary/aromatic N) is 1. The van der Waals surface area contributed by atoms with Crippen molar-refractivity contribution in [3.05, 3.63) is 24.0 Å². The first-order valence-electron chi connectivity index (χ1n) is 4.75. The summed E-state index contributed by atoms with van der Waals surface area (Å²) in [5.41, 5.74) is 4.87. The van der Waals surface area contributed by atoms with Crippen LogP contribution in [0.1, 0.15) is 33.6 Å². The lowest BCUT2D eigenvalue weighted by molar-refractivity contribution is 0.220. The first-order chi connectivity index (χ1) is 6.44. The fourth-order valence-electron chi connectivity index (χ4n) is 0.971. The third-order valence-electron chi connectivity index (χ3n) is 2.01.